The van der Waals surface area contributed by atoms with E-state index >= 15 is 0 Å². The van der Waals surface area contributed by atoms with Gasteiger partial charge in [0.2, 0.25) is 5.91 Å². The Kier molecular flexibility index (Phi) is 7.83. The molecule has 3 aliphatic rings. The van der Waals surface area contributed by atoms with E-state index in [-0.39, 0.29) is 23.5 Å². The Balaban J connectivity index is 1.46. The molecule has 1 saturated carbocycles. The van der Waals surface area contributed by atoms with Gasteiger partial charge in [-0.25, -0.2) is 0 Å². The molecule has 166 valence electrons. The van der Waals surface area contributed by atoms with Crippen LogP contribution in [0.15, 0.2) is 4.99 Å². The van der Waals surface area contributed by atoms with Gasteiger partial charge in [0, 0.05) is 51.2 Å². The molecule has 2 N–H and O–H groups in total. The Morgan fingerprint density at radius 1 is 1.10 bits per heavy atom. The van der Waals surface area contributed by atoms with Gasteiger partial charge in [0.05, 0.1) is 6.10 Å². The Morgan fingerprint density at radius 2 is 1.86 bits per heavy atom. The molecule has 0 spiro atoms. The minimum atomic E-state index is 0.148. The van der Waals surface area contributed by atoms with E-state index in [0.717, 1.165) is 57.9 Å². The number of guanidine groups is 1. The van der Waals surface area contributed by atoms with E-state index in [4.69, 9.17) is 4.74 Å². The van der Waals surface area contributed by atoms with Crippen molar-refractivity contribution in [1.29, 1.82) is 0 Å². The Labute approximate surface area is 177 Å². The van der Waals surface area contributed by atoms with Gasteiger partial charge < -0.3 is 20.3 Å². The number of nitrogens with zero attached hydrogens (tertiary/aromatic N) is 2. The van der Waals surface area contributed by atoms with Crippen LogP contribution in [-0.2, 0) is 9.53 Å². The largest absolute Gasteiger partial charge is 0.377 e. The summed E-state index contributed by atoms with van der Waals surface area (Å²) in [6.07, 6.45) is 9.46. The summed E-state index contributed by atoms with van der Waals surface area (Å²) in [4.78, 5) is 19.3. The van der Waals surface area contributed by atoms with Crippen LogP contribution in [0.4, 0.5) is 0 Å². The van der Waals surface area contributed by atoms with Crippen LogP contribution in [0, 0.1) is 17.3 Å². The van der Waals surface area contributed by atoms with Gasteiger partial charge in [-0.15, -0.1) is 0 Å². The van der Waals surface area contributed by atoms with Gasteiger partial charge in [-0.05, 0) is 37.5 Å². The number of amides is 1. The fraction of sp³-hybridized carbons (Fsp3) is 0.913. The maximum atomic E-state index is 12.8. The van der Waals surface area contributed by atoms with E-state index in [1.54, 1.807) is 0 Å². The smallest absolute Gasteiger partial charge is 0.225 e. The Bertz CT molecular complexity index is 566. The van der Waals surface area contributed by atoms with Gasteiger partial charge in [-0.1, -0.05) is 40.0 Å². The molecule has 1 aliphatic carbocycles. The summed E-state index contributed by atoms with van der Waals surface area (Å²) in [5.41, 5.74) is 0.148. The van der Waals surface area contributed by atoms with Gasteiger partial charge in [-0.3, -0.25) is 9.79 Å². The minimum Gasteiger partial charge on any atom is -0.377 e. The zero-order valence-corrected chi connectivity index (χ0v) is 19.0. The first-order valence-electron chi connectivity index (χ1n) is 11.8. The third kappa shape index (κ3) is 6.09. The topological polar surface area (TPSA) is 66.0 Å². The quantitative estimate of drug-likeness (QED) is 0.556. The summed E-state index contributed by atoms with van der Waals surface area (Å²) in [5, 5.41) is 7.08. The maximum Gasteiger partial charge on any atom is 0.225 e. The molecule has 0 aromatic rings. The van der Waals surface area contributed by atoms with Gasteiger partial charge in [0.1, 0.15) is 0 Å². The minimum absolute atomic E-state index is 0.148. The molecule has 0 aromatic heterocycles. The predicted molar refractivity (Wildman–Crippen MR) is 118 cm³/mol. The van der Waals surface area contributed by atoms with Crippen LogP contribution in [0.1, 0.15) is 72.1 Å². The van der Waals surface area contributed by atoms with Crippen LogP contribution < -0.4 is 10.6 Å². The standard InChI is InChI=1S/C23H42N4O2/c1-23(2,3)20-18(11-8-14-29-20)15-25-22(24-4)26-19-12-13-27(16-19)21(28)17-9-6-5-7-10-17/h17-20H,5-16H2,1-4H3,(H2,24,25,26). The number of hydrogen-bond acceptors (Lipinski definition) is 3. The van der Waals surface area contributed by atoms with Crippen molar-refractivity contribution in [2.45, 2.75) is 84.3 Å². The molecule has 3 unspecified atom stereocenters. The molecule has 0 radical (unpaired) electrons. The zero-order valence-electron chi connectivity index (χ0n) is 19.0. The van der Waals surface area contributed by atoms with Crippen molar-refractivity contribution >= 4 is 11.9 Å². The lowest BCUT2D eigenvalue weighted by Gasteiger charge is -2.40. The first-order chi connectivity index (χ1) is 13.9. The normalized spacial score (nSPS) is 29.7. The second kappa shape index (κ2) is 10.1. The molecular formula is C23H42N4O2. The van der Waals surface area contributed by atoms with E-state index in [1.807, 2.05) is 7.05 Å². The molecule has 3 rings (SSSR count). The summed E-state index contributed by atoms with van der Waals surface area (Å²) >= 11 is 0. The van der Waals surface area contributed by atoms with E-state index in [2.05, 4.69) is 41.3 Å². The summed E-state index contributed by atoms with van der Waals surface area (Å²) in [7, 11) is 1.83. The number of carbonyl (C=O) groups is 1. The fourth-order valence-corrected chi connectivity index (χ4v) is 5.31. The maximum absolute atomic E-state index is 12.8. The Hall–Kier alpha value is -1.30. The van der Waals surface area contributed by atoms with Gasteiger partial charge in [-0.2, -0.15) is 0 Å². The number of nitrogens with one attached hydrogen (secondary N) is 2. The molecule has 6 heteroatoms. The summed E-state index contributed by atoms with van der Waals surface area (Å²) in [6.45, 7) is 10.2. The van der Waals surface area contributed by atoms with Crippen molar-refractivity contribution in [3.8, 4) is 0 Å². The molecular weight excluding hydrogens is 364 g/mol. The monoisotopic (exact) mass is 406 g/mol. The van der Waals surface area contributed by atoms with Crippen LogP contribution in [0.3, 0.4) is 0 Å². The molecule has 2 heterocycles. The summed E-state index contributed by atoms with van der Waals surface area (Å²) in [5.74, 6) is 1.99. The van der Waals surface area contributed by atoms with Crippen LogP contribution >= 0.6 is 0 Å². The van der Waals surface area contributed by atoms with E-state index < -0.39 is 0 Å². The van der Waals surface area contributed by atoms with Crippen molar-refractivity contribution < 1.29 is 9.53 Å². The molecule has 6 nitrogen and oxygen atoms in total. The molecule has 2 saturated heterocycles. The van der Waals surface area contributed by atoms with Crippen LogP contribution in [0.25, 0.3) is 0 Å². The van der Waals surface area contributed by atoms with Crippen molar-refractivity contribution in [3.05, 3.63) is 0 Å². The summed E-state index contributed by atoms with van der Waals surface area (Å²) in [6, 6.07) is 0.287. The van der Waals surface area contributed by atoms with Crippen LogP contribution in [0.2, 0.25) is 0 Å². The predicted octanol–water partition coefficient (Wildman–Crippen LogP) is 3.17. The lowest BCUT2D eigenvalue weighted by molar-refractivity contribution is -0.135. The van der Waals surface area contributed by atoms with Gasteiger partial charge in [0.25, 0.3) is 0 Å². The number of carbonyl (C=O) groups excluding carboxylic acids is 1. The molecule has 0 aromatic carbocycles. The second-order valence-electron chi connectivity index (χ2n) is 10.3. The second-order valence-corrected chi connectivity index (χ2v) is 10.3. The highest BCUT2D eigenvalue weighted by Gasteiger charge is 2.36. The average molecular weight is 407 g/mol. The van der Waals surface area contributed by atoms with Crippen LogP contribution in [-0.4, -0.2) is 62.2 Å². The highest BCUT2D eigenvalue weighted by atomic mass is 16.5. The van der Waals surface area contributed by atoms with Gasteiger partial charge >= 0.3 is 0 Å². The summed E-state index contributed by atoms with van der Waals surface area (Å²) < 4.78 is 6.11. The highest BCUT2D eigenvalue weighted by molar-refractivity contribution is 5.81. The average Bonchev–Trinajstić information content (AvgIpc) is 3.19. The van der Waals surface area contributed by atoms with Crippen LogP contribution in [0.5, 0.6) is 0 Å². The Morgan fingerprint density at radius 3 is 2.55 bits per heavy atom. The number of aliphatic imine (C=N–C) groups is 1. The molecule has 0 bridgehead atoms. The van der Waals surface area contributed by atoms with Crippen molar-refractivity contribution in [1.82, 2.24) is 15.5 Å². The highest BCUT2D eigenvalue weighted by Crippen LogP contribution is 2.33. The number of ether oxygens (including phenoxy) is 1. The van der Waals surface area contributed by atoms with E-state index in [0.29, 0.717) is 11.8 Å². The number of hydrogen-bond donors (Lipinski definition) is 2. The molecule has 29 heavy (non-hydrogen) atoms. The van der Waals surface area contributed by atoms with Gasteiger partial charge in [0.15, 0.2) is 5.96 Å². The number of likely N-dealkylation sites (tertiary alicyclic amines) is 1. The lowest BCUT2D eigenvalue weighted by Crippen LogP contribution is -2.50. The SMILES string of the molecule is CN=C(NCC1CCCOC1C(C)(C)C)NC1CCN(C(=O)C2CCCCC2)C1. The molecule has 3 atom stereocenters. The van der Waals surface area contributed by atoms with E-state index in [9.17, 15) is 4.79 Å². The molecule has 3 fully saturated rings. The molecule has 2 aliphatic heterocycles. The van der Waals surface area contributed by atoms with Crippen molar-refractivity contribution in [3.63, 3.8) is 0 Å². The zero-order chi connectivity index (χ0) is 20.9. The first kappa shape index (κ1) is 22.4. The third-order valence-electron chi connectivity index (χ3n) is 6.85. The lowest BCUT2D eigenvalue weighted by atomic mass is 9.78. The van der Waals surface area contributed by atoms with Crippen molar-refractivity contribution in [2.75, 3.05) is 33.3 Å². The van der Waals surface area contributed by atoms with E-state index in [1.165, 1.54) is 25.7 Å². The third-order valence-corrected chi connectivity index (χ3v) is 6.85. The fourth-order valence-electron chi connectivity index (χ4n) is 5.31. The molecule has 1 amide bonds. The first-order valence-corrected chi connectivity index (χ1v) is 11.8. The van der Waals surface area contributed by atoms with Crippen molar-refractivity contribution in [2.24, 2.45) is 22.2 Å². The number of rotatable bonds is 4.